The Labute approximate surface area is 102 Å². The van der Waals surface area contributed by atoms with Crippen molar-refractivity contribution in [3.63, 3.8) is 0 Å². The summed E-state index contributed by atoms with van der Waals surface area (Å²) in [6.45, 7) is 3.35. The van der Waals surface area contributed by atoms with Crippen molar-refractivity contribution in [2.24, 2.45) is 5.92 Å². The van der Waals surface area contributed by atoms with Crippen molar-refractivity contribution in [1.29, 1.82) is 0 Å². The van der Waals surface area contributed by atoms with Gasteiger partial charge in [0, 0.05) is 26.8 Å². The summed E-state index contributed by atoms with van der Waals surface area (Å²) in [4.78, 5) is 21.7. The van der Waals surface area contributed by atoms with Crippen molar-refractivity contribution >= 4 is 12.0 Å². The topological polar surface area (TPSA) is 87.7 Å². The number of urea groups is 1. The van der Waals surface area contributed by atoms with Crippen LogP contribution in [0.15, 0.2) is 0 Å². The van der Waals surface area contributed by atoms with Crippen LogP contribution in [0.2, 0.25) is 0 Å². The van der Waals surface area contributed by atoms with Crippen LogP contribution in [0.5, 0.6) is 0 Å². The van der Waals surface area contributed by atoms with E-state index in [2.05, 4.69) is 10.6 Å². The van der Waals surface area contributed by atoms with Gasteiger partial charge in [0.05, 0.1) is 5.92 Å². The summed E-state index contributed by atoms with van der Waals surface area (Å²) >= 11 is 0. The van der Waals surface area contributed by atoms with Gasteiger partial charge in [-0.2, -0.15) is 0 Å². The van der Waals surface area contributed by atoms with Crippen molar-refractivity contribution in [3.05, 3.63) is 0 Å². The molecule has 0 aliphatic rings. The molecule has 0 rings (SSSR count). The molecule has 0 fully saturated rings. The molecular weight excluding hydrogens is 224 g/mol. The van der Waals surface area contributed by atoms with E-state index in [1.54, 1.807) is 14.0 Å². The first-order valence-electron chi connectivity index (χ1n) is 5.81. The fourth-order valence-corrected chi connectivity index (χ4v) is 1.21. The average molecular weight is 246 g/mol. The van der Waals surface area contributed by atoms with Crippen molar-refractivity contribution in [1.82, 2.24) is 10.6 Å². The summed E-state index contributed by atoms with van der Waals surface area (Å²) in [6, 6.07) is -0.218. The SMILES string of the molecule is COCCCNC(=O)NCCCC(C)C(=O)O. The van der Waals surface area contributed by atoms with E-state index in [1.807, 2.05) is 0 Å². The van der Waals surface area contributed by atoms with Gasteiger partial charge in [-0.15, -0.1) is 0 Å². The number of rotatable bonds is 9. The first-order chi connectivity index (χ1) is 8.07. The van der Waals surface area contributed by atoms with Gasteiger partial charge < -0.3 is 20.5 Å². The molecule has 0 aromatic carbocycles. The van der Waals surface area contributed by atoms with Gasteiger partial charge in [0.1, 0.15) is 0 Å². The van der Waals surface area contributed by atoms with E-state index >= 15 is 0 Å². The van der Waals surface area contributed by atoms with Crippen LogP contribution < -0.4 is 10.6 Å². The highest BCUT2D eigenvalue weighted by atomic mass is 16.5. The fourth-order valence-electron chi connectivity index (χ4n) is 1.21. The summed E-state index contributed by atoms with van der Waals surface area (Å²) < 4.78 is 4.84. The van der Waals surface area contributed by atoms with Crippen LogP contribution in [-0.2, 0) is 9.53 Å². The number of carboxylic acids is 1. The van der Waals surface area contributed by atoms with Crippen molar-refractivity contribution in [3.8, 4) is 0 Å². The molecule has 100 valence electrons. The fraction of sp³-hybridized carbons (Fsp3) is 0.818. The average Bonchev–Trinajstić information content (AvgIpc) is 2.29. The molecule has 3 N–H and O–H groups in total. The van der Waals surface area contributed by atoms with Crippen LogP contribution in [0.25, 0.3) is 0 Å². The van der Waals surface area contributed by atoms with Gasteiger partial charge in [-0.05, 0) is 19.3 Å². The van der Waals surface area contributed by atoms with Crippen LogP contribution >= 0.6 is 0 Å². The maximum atomic E-state index is 11.2. The van der Waals surface area contributed by atoms with Crippen molar-refractivity contribution in [2.45, 2.75) is 26.2 Å². The molecule has 0 aliphatic carbocycles. The lowest BCUT2D eigenvalue weighted by molar-refractivity contribution is -0.141. The lowest BCUT2D eigenvalue weighted by atomic mass is 10.1. The molecule has 0 saturated carbocycles. The third-order valence-electron chi connectivity index (χ3n) is 2.33. The largest absolute Gasteiger partial charge is 0.481 e. The molecule has 0 aliphatic heterocycles. The maximum Gasteiger partial charge on any atom is 0.314 e. The number of carbonyl (C=O) groups excluding carboxylic acids is 1. The van der Waals surface area contributed by atoms with Gasteiger partial charge in [0.2, 0.25) is 0 Å². The molecule has 6 heteroatoms. The molecule has 0 aromatic rings. The van der Waals surface area contributed by atoms with E-state index in [0.29, 0.717) is 32.5 Å². The number of methoxy groups -OCH3 is 1. The first-order valence-corrected chi connectivity index (χ1v) is 5.81. The second-order valence-corrected chi connectivity index (χ2v) is 3.91. The van der Waals surface area contributed by atoms with Crippen LogP contribution in [-0.4, -0.2) is 43.9 Å². The predicted octanol–water partition coefficient (Wildman–Crippen LogP) is 0.823. The van der Waals surface area contributed by atoms with Crippen molar-refractivity contribution in [2.75, 3.05) is 26.8 Å². The molecule has 0 saturated heterocycles. The third kappa shape index (κ3) is 9.62. The first kappa shape index (κ1) is 15.7. The lowest BCUT2D eigenvalue weighted by Gasteiger charge is -2.08. The quantitative estimate of drug-likeness (QED) is 0.526. The zero-order valence-corrected chi connectivity index (χ0v) is 10.5. The van der Waals surface area contributed by atoms with Crippen LogP contribution in [0.4, 0.5) is 4.79 Å². The lowest BCUT2D eigenvalue weighted by Crippen LogP contribution is -2.36. The highest BCUT2D eigenvalue weighted by Gasteiger charge is 2.09. The summed E-state index contributed by atoms with van der Waals surface area (Å²) in [5.41, 5.74) is 0. The minimum atomic E-state index is -0.797. The number of carboxylic acid groups (broad SMARTS) is 1. The molecule has 0 aromatic heterocycles. The maximum absolute atomic E-state index is 11.2. The third-order valence-corrected chi connectivity index (χ3v) is 2.33. The molecule has 0 heterocycles. The van der Waals surface area contributed by atoms with Crippen LogP contribution in [0.3, 0.4) is 0 Å². The van der Waals surface area contributed by atoms with E-state index in [1.165, 1.54) is 0 Å². The van der Waals surface area contributed by atoms with Gasteiger partial charge in [-0.25, -0.2) is 4.79 Å². The monoisotopic (exact) mass is 246 g/mol. The summed E-state index contributed by atoms with van der Waals surface area (Å²) in [7, 11) is 1.61. The van der Waals surface area contributed by atoms with E-state index in [-0.39, 0.29) is 11.9 Å². The summed E-state index contributed by atoms with van der Waals surface area (Å²) in [6.07, 6.45) is 2.01. The highest BCUT2D eigenvalue weighted by molar-refractivity contribution is 5.73. The van der Waals surface area contributed by atoms with Crippen molar-refractivity contribution < 1.29 is 19.4 Å². The second-order valence-electron chi connectivity index (χ2n) is 3.91. The van der Waals surface area contributed by atoms with E-state index < -0.39 is 5.97 Å². The Kier molecular flexibility index (Phi) is 9.14. The summed E-state index contributed by atoms with van der Waals surface area (Å²) in [5, 5.41) is 14.0. The number of nitrogens with one attached hydrogen (secondary N) is 2. The number of hydrogen-bond acceptors (Lipinski definition) is 3. The van der Waals surface area contributed by atoms with E-state index in [0.717, 1.165) is 6.42 Å². The molecule has 6 nitrogen and oxygen atoms in total. The van der Waals surface area contributed by atoms with Crippen LogP contribution in [0, 0.1) is 5.92 Å². The zero-order valence-electron chi connectivity index (χ0n) is 10.5. The number of amides is 2. The molecule has 17 heavy (non-hydrogen) atoms. The normalized spacial score (nSPS) is 11.9. The zero-order chi connectivity index (χ0) is 13.1. The van der Waals surface area contributed by atoms with Crippen LogP contribution in [0.1, 0.15) is 26.2 Å². The second kappa shape index (κ2) is 9.89. The standard InChI is InChI=1S/C11H22N2O4/c1-9(10(14)15)5-3-6-12-11(16)13-7-4-8-17-2/h9H,3-8H2,1-2H3,(H,14,15)(H2,12,13,16). The minimum absolute atomic E-state index is 0.218. The Bertz CT molecular complexity index is 234. The van der Waals surface area contributed by atoms with Gasteiger partial charge in [-0.3, -0.25) is 4.79 Å². The molecule has 2 amide bonds. The van der Waals surface area contributed by atoms with Gasteiger partial charge >= 0.3 is 12.0 Å². The Morgan fingerprint density at radius 3 is 2.35 bits per heavy atom. The minimum Gasteiger partial charge on any atom is -0.481 e. The molecule has 0 radical (unpaired) electrons. The smallest absolute Gasteiger partial charge is 0.314 e. The number of ether oxygens (including phenoxy) is 1. The molecule has 1 atom stereocenters. The Balaban J connectivity index is 3.36. The van der Waals surface area contributed by atoms with E-state index in [4.69, 9.17) is 9.84 Å². The molecular formula is C11H22N2O4. The van der Waals surface area contributed by atoms with Gasteiger partial charge in [-0.1, -0.05) is 6.92 Å². The van der Waals surface area contributed by atoms with E-state index in [9.17, 15) is 9.59 Å². The van der Waals surface area contributed by atoms with Gasteiger partial charge in [0.15, 0.2) is 0 Å². The molecule has 0 spiro atoms. The van der Waals surface area contributed by atoms with Gasteiger partial charge in [0.25, 0.3) is 0 Å². The number of hydrogen-bond donors (Lipinski definition) is 3. The molecule has 1 unspecified atom stereocenters. The highest BCUT2D eigenvalue weighted by Crippen LogP contribution is 2.03. The summed E-state index contributed by atoms with van der Waals surface area (Å²) in [5.74, 6) is -1.16. The Morgan fingerprint density at radius 2 is 1.82 bits per heavy atom. The molecule has 0 bridgehead atoms. The number of carbonyl (C=O) groups is 2. The predicted molar refractivity (Wildman–Crippen MR) is 63.9 cm³/mol. The Hall–Kier alpha value is -1.30. The Morgan fingerprint density at radius 1 is 1.24 bits per heavy atom. The number of aliphatic carboxylic acids is 1.